The van der Waals surface area contributed by atoms with E-state index < -0.39 is 0 Å². The zero-order valence-electron chi connectivity index (χ0n) is 12.3. The molecule has 1 aliphatic rings. The first-order chi connectivity index (χ1) is 9.15. The molecule has 0 heterocycles. The van der Waals surface area contributed by atoms with Gasteiger partial charge in [-0.1, -0.05) is 26.2 Å². The minimum Gasteiger partial charge on any atom is -0.352 e. The maximum absolute atomic E-state index is 11.6. The number of halogens is 1. The van der Waals surface area contributed by atoms with Crippen LogP contribution in [0.3, 0.4) is 0 Å². The summed E-state index contributed by atoms with van der Waals surface area (Å²) >= 11 is 0. The molecule has 1 aliphatic carbocycles. The normalized spacial score (nSPS) is 21.7. The van der Waals surface area contributed by atoms with Gasteiger partial charge < -0.3 is 16.4 Å². The maximum atomic E-state index is 11.6. The molecule has 0 radical (unpaired) electrons. The molecule has 4 N–H and O–H groups in total. The molecule has 5 nitrogen and oxygen atoms in total. The van der Waals surface area contributed by atoms with Crippen LogP contribution < -0.4 is 16.4 Å². The highest BCUT2D eigenvalue weighted by Crippen LogP contribution is 2.28. The number of unbranched alkanes of at least 4 members (excludes halogenated alkanes) is 1. The molecule has 2 amide bonds. The van der Waals surface area contributed by atoms with E-state index in [-0.39, 0.29) is 43.4 Å². The largest absolute Gasteiger partial charge is 0.352 e. The van der Waals surface area contributed by atoms with Gasteiger partial charge >= 0.3 is 0 Å². The number of hydrogen-bond donors (Lipinski definition) is 3. The Morgan fingerprint density at radius 2 is 1.80 bits per heavy atom. The van der Waals surface area contributed by atoms with Crippen LogP contribution in [0, 0.1) is 5.92 Å². The minimum absolute atomic E-state index is 0. The van der Waals surface area contributed by atoms with E-state index in [4.69, 9.17) is 5.73 Å². The number of hydrogen-bond acceptors (Lipinski definition) is 3. The number of carbonyl (C=O) groups excluding carboxylic acids is 2. The number of carbonyl (C=O) groups is 2. The average molecular weight is 306 g/mol. The second kappa shape index (κ2) is 10.9. The van der Waals surface area contributed by atoms with Gasteiger partial charge in [0.25, 0.3) is 0 Å². The van der Waals surface area contributed by atoms with Crippen molar-refractivity contribution in [2.45, 2.75) is 57.9 Å². The van der Waals surface area contributed by atoms with Crippen LogP contribution in [-0.4, -0.2) is 30.9 Å². The van der Waals surface area contributed by atoms with E-state index in [1.165, 1.54) is 32.1 Å². The molecular weight excluding hydrogens is 278 g/mol. The molecule has 0 aliphatic heterocycles. The fourth-order valence-electron chi connectivity index (χ4n) is 2.62. The van der Waals surface area contributed by atoms with Crippen molar-refractivity contribution in [3.05, 3.63) is 0 Å². The Morgan fingerprint density at radius 1 is 1.15 bits per heavy atom. The van der Waals surface area contributed by atoms with E-state index in [0.717, 1.165) is 18.8 Å². The number of rotatable bonds is 7. The van der Waals surface area contributed by atoms with Crippen LogP contribution in [0.4, 0.5) is 0 Å². The Bertz CT molecular complexity index is 292. The molecule has 0 aromatic carbocycles. The third kappa shape index (κ3) is 7.70. The van der Waals surface area contributed by atoms with Gasteiger partial charge in [-0.3, -0.25) is 9.59 Å². The molecule has 0 spiro atoms. The van der Waals surface area contributed by atoms with Gasteiger partial charge in [0.05, 0.1) is 13.1 Å². The van der Waals surface area contributed by atoms with Gasteiger partial charge in [0, 0.05) is 6.04 Å². The van der Waals surface area contributed by atoms with Crippen molar-refractivity contribution < 1.29 is 9.59 Å². The average Bonchev–Trinajstić information content (AvgIpc) is 2.44. The predicted molar refractivity (Wildman–Crippen MR) is 82.7 cm³/mol. The Morgan fingerprint density at radius 3 is 2.35 bits per heavy atom. The number of amides is 2. The Balaban J connectivity index is 0.00000361. The van der Waals surface area contributed by atoms with E-state index in [1.54, 1.807) is 0 Å². The molecule has 0 unspecified atom stereocenters. The van der Waals surface area contributed by atoms with Gasteiger partial charge in [-0.2, -0.15) is 0 Å². The second-order valence-corrected chi connectivity index (χ2v) is 5.41. The van der Waals surface area contributed by atoms with Gasteiger partial charge in [0.2, 0.25) is 11.8 Å². The SMILES string of the molecule is CCCCC1CCC(NC(=O)CNC(=O)CN)CC1.Cl. The van der Waals surface area contributed by atoms with Crippen molar-refractivity contribution in [2.75, 3.05) is 13.1 Å². The summed E-state index contributed by atoms with van der Waals surface area (Å²) in [5.74, 6) is 0.433. The van der Waals surface area contributed by atoms with Gasteiger partial charge in [0.15, 0.2) is 0 Å². The zero-order valence-corrected chi connectivity index (χ0v) is 13.1. The molecule has 0 bridgehead atoms. The summed E-state index contributed by atoms with van der Waals surface area (Å²) in [5, 5.41) is 5.46. The lowest BCUT2D eigenvalue weighted by molar-refractivity contribution is -0.125. The Labute approximate surface area is 127 Å². The number of nitrogens with two attached hydrogens (primary N) is 1. The van der Waals surface area contributed by atoms with E-state index in [1.807, 2.05) is 0 Å². The van der Waals surface area contributed by atoms with Crippen molar-refractivity contribution in [3.8, 4) is 0 Å². The fourth-order valence-corrected chi connectivity index (χ4v) is 2.62. The first-order valence-corrected chi connectivity index (χ1v) is 7.41. The summed E-state index contributed by atoms with van der Waals surface area (Å²) in [6.45, 7) is 2.18. The van der Waals surface area contributed by atoms with Crippen molar-refractivity contribution in [1.29, 1.82) is 0 Å². The highest BCUT2D eigenvalue weighted by atomic mass is 35.5. The molecule has 1 rings (SSSR count). The smallest absolute Gasteiger partial charge is 0.239 e. The molecule has 20 heavy (non-hydrogen) atoms. The highest BCUT2D eigenvalue weighted by Gasteiger charge is 2.21. The molecule has 0 atom stereocenters. The lowest BCUT2D eigenvalue weighted by atomic mass is 9.83. The van der Waals surface area contributed by atoms with E-state index in [9.17, 15) is 9.59 Å². The van der Waals surface area contributed by atoms with E-state index in [2.05, 4.69) is 17.6 Å². The third-order valence-corrected chi connectivity index (χ3v) is 3.81. The first kappa shape index (κ1) is 19.2. The molecule has 0 saturated heterocycles. The standard InChI is InChI=1S/C14H27N3O2.ClH/c1-2-3-4-11-5-7-12(8-6-11)17-14(19)10-16-13(18)9-15;/h11-12H,2-10,15H2,1H3,(H,16,18)(H,17,19);1H. The Hall–Kier alpha value is -0.810. The zero-order chi connectivity index (χ0) is 14.1. The van der Waals surface area contributed by atoms with Crippen LogP contribution in [0.5, 0.6) is 0 Å². The van der Waals surface area contributed by atoms with Gasteiger partial charge in [-0.05, 0) is 31.6 Å². The van der Waals surface area contributed by atoms with Crippen LogP contribution in [0.15, 0.2) is 0 Å². The molecule has 0 aromatic rings. The maximum Gasteiger partial charge on any atom is 0.239 e. The van der Waals surface area contributed by atoms with Gasteiger partial charge in [-0.25, -0.2) is 0 Å². The van der Waals surface area contributed by atoms with Gasteiger partial charge in [0.1, 0.15) is 0 Å². The van der Waals surface area contributed by atoms with Crippen molar-refractivity contribution in [1.82, 2.24) is 10.6 Å². The molecule has 6 heteroatoms. The summed E-state index contributed by atoms with van der Waals surface area (Å²) in [4.78, 5) is 22.6. The summed E-state index contributed by atoms with van der Waals surface area (Å²) in [6, 6.07) is 0.278. The molecule has 1 fully saturated rings. The monoisotopic (exact) mass is 305 g/mol. The summed E-state index contributed by atoms with van der Waals surface area (Å²) in [7, 11) is 0. The first-order valence-electron chi connectivity index (χ1n) is 7.41. The molecule has 118 valence electrons. The highest BCUT2D eigenvalue weighted by molar-refractivity contribution is 5.85. The van der Waals surface area contributed by atoms with Crippen LogP contribution >= 0.6 is 12.4 Å². The van der Waals surface area contributed by atoms with E-state index >= 15 is 0 Å². The second-order valence-electron chi connectivity index (χ2n) is 5.41. The fraction of sp³-hybridized carbons (Fsp3) is 0.857. The van der Waals surface area contributed by atoms with Crippen LogP contribution in [-0.2, 0) is 9.59 Å². The lowest BCUT2D eigenvalue weighted by Gasteiger charge is -2.29. The van der Waals surface area contributed by atoms with Crippen molar-refractivity contribution in [2.24, 2.45) is 11.7 Å². The number of nitrogens with one attached hydrogen (secondary N) is 2. The van der Waals surface area contributed by atoms with Crippen LogP contribution in [0.2, 0.25) is 0 Å². The Kier molecular flexibility index (Phi) is 10.5. The molecule has 0 aromatic heterocycles. The minimum atomic E-state index is -0.293. The van der Waals surface area contributed by atoms with Crippen molar-refractivity contribution in [3.63, 3.8) is 0 Å². The summed E-state index contributed by atoms with van der Waals surface area (Å²) in [5.41, 5.74) is 5.15. The van der Waals surface area contributed by atoms with E-state index in [0.29, 0.717) is 0 Å². The molecule has 1 saturated carbocycles. The van der Waals surface area contributed by atoms with Crippen molar-refractivity contribution >= 4 is 24.2 Å². The third-order valence-electron chi connectivity index (χ3n) is 3.81. The summed E-state index contributed by atoms with van der Waals surface area (Å²) < 4.78 is 0. The molecular formula is C14H28ClN3O2. The van der Waals surface area contributed by atoms with Crippen LogP contribution in [0.1, 0.15) is 51.9 Å². The lowest BCUT2D eigenvalue weighted by Crippen LogP contribution is -2.44. The topological polar surface area (TPSA) is 84.2 Å². The van der Waals surface area contributed by atoms with Crippen LogP contribution in [0.25, 0.3) is 0 Å². The predicted octanol–water partition coefficient (Wildman–Crippen LogP) is 1.35. The quantitative estimate of drug-likeness (QED) is 0.664. The summed E-state index contributed by atoms with van der Waals surface area (Å²) in [6.07, 6.45) is 8.43. The van der Waals surface area contributed by atoms with Gasteiger partial charge in [-0.15, -0.1) is 12.4 Å².